The zero-order chi connectivity index (χ0) is 16.1. The van der Waals surface area contributed by atoms with Gasteiger partial charge in [0.1, 0.15) is 6.54 Å². The van der Waals surface area contributed by atoms with E-state index in [1.165, 1.54) is 4.90 Å². The SMILES string of the molecule is CN(Cc1cccs1)C(=O)CN1C(=O)C2C3C=CC(C3)C2C1=O. The first-order chi connectivity index (χ1) is 11.1. The molecule has 0 N–H and O–H groups in total. The monoisotopic (exact) mass is 330 g/mol. The van der Waals surface area contributed by atoms with Crippen LogP contribution >= 0.6 is 11.3 Å². The summed E-state index contributed by atoms with van der Waals surface area (Å²) in [5.74, 6) is -0.596. The molecule has 1 saturated carbocycles. The molecular formula is C17H18N2O3S. The molecule has 3 aliphatic rings. The lowest BCUT2D eigenvalue weighted by Gasteiger charge is -2.21. The quantitative estimate of drug-likeness (QED) is 0.621. The van der Waals surface area contributed by atoms with Crippen molar-refractivity contribution in [2.24, 2.45) is 23.7 Å². The first kappa shape index (κ1) is 14.6. The summed E-state index contributed by atoms with van der Waals surface area (Å²) in [6, 6.07) is 3.91. The Kier molecular flexibility index (Phi) is 3.37. The number of hydrogen-bond acceptors (Lipinski definition) is 4. The third kappa shape index (κ3) is 2.24. The molecule has 2 bridgehead atoms. The van der Waals surface area contributed by atoms with E-state index in [2.05, 4.69) is 12.2 Å². The Morgan fingerprint density at radius 3 is 2.48 bits per heavy atom. The zero-order valence-electron chi connectivity index (χ0n) is 12.8. The molecule has 4 rings (SSSR count). The minimum atomic E-state index is -0.229. The van der Waals surface area contributed by atoms with E-state index in [1.807, 2.05) is 17.5 Å². The van der Waals surface area contributed by atoms with E-state index in [9.17, 15) is 14.4 Å². The van der Waals surface area contributed by atoms with Gasteiger partial charge >= 0.3 is 0 Å². The van der Waals surface area contributed by atoms with Gasteiger partial charge < -0.3 is 4.90 Å². The molecule has 4 atom stereocenters. The van der Waals surface area contributed by atoms with Crippen LogP contribution in [0.3, 0.4) is 0 Å². The Labute approximate surface area is 138 Å². The molecule has 120 valence electrons. The molecule has 2 heterocycles. The van der Waals surface area contributed by atoms with E-state index >= 15 is 0 Å². The molecule has 2 fully saturated rings. The summed E-state index contributed by atoms with van der Waals surface area (Å²) in [5.41, 5.74) is 0. The van der Waals surface area contributed by atoms with Crippen LogP contribution in [-0.4, -0.2) is 41.1 Å². The van der Waals surface area contributed by atoms with Gasteiger partial charge in [-0.15, -0.1) is 11.3 Å². The van der Waals surface area contributed by atoms with E-state index in [4.69, 9.17) is 0 Å². The van der Waals surface area contributed by atoms with Crippen LogP contribution in [0.5, 0.6) is 0 Å². The van der Waals surface area contributed by atoms with Crippen LogP contribution in [0, 0.1) is 23.7 Å². The van der Waals surface area contributed by atoms with Crippen LogP contribution < -0.4 is 0 Å². The summed E-state index contributed by atoms with van der Waals surface area (Å²) in [6.45, 7) is 0.373. The normalized spacial score (nSPS) is 31.1. The lowest BCUT2D eigenvalue weighted by atomic mass is 9.85. The molecule has 0 aromatic carbocycles. The molecular weight excluding hydrogens is 312 g/mol. The van der Waals surface area contributed by atoms with Crippen molar-refractivity contribution < 1.29 is 14.4 Å². The number of carbonyl (C=O) groups excluding carboxylic acids is 3. The van der Waals surface area contributed by atoms with Gasteiger partial charge in [-0.3, -0.25) is 19.3 Å². The summed E-state index contributed by atoms with van der Waals surface area (Å²) < 4.78 is 0. The molecule has 1 aliphatic heterocycles. The van der Waals surface area contributed by atoms with Crippen molar-refractivity contribution >= 4 is 29.1 Å². The summed E-state index contributed by atoms with van der Waals surface area (Å²) in [7, 11) is 1.71. The Morgan fingerprint density at radius 2 is 1.91 bits per heavy atom. The predicted molar refractivity (Wildman–Crippen MR) is 85.2 cm³/mol. The van der Waals surface area contributed by atoms with Crippen molar-refractivity contribution in [2.45, 2.75) is 13.0 Å². The number of amides is 3. The van der Waals surface area contributed by atoms with Crippen molar-refractivity contribution in [1.82, 2.24) is 9.80 Å². The van der Waals surface area contributed by atoms with Gasteiger partial charge in [0, 0.05) is 11.9 Å². The van der Waals surface area contributed by atoms with Crippen molar-refractivity contribution in [1.29, 1.82) is 0 Å². The van der Waals surface area contributed by atoms with Gasteiger partial charge in [0.05, 0.1) is 18.4 Å². The number of fused-ring (bicyclic) bond motifs is 5. The highest BCUT2D eigenvalue weighted by atomic mass is 32.1. The van der Waals surface area contributed by atoms with Gasteiger partial charge in [-0.1, -0.05) is 18.2 Å². The Hall–Kier alpha value is -1.95. The lowest BCUT2D eigenvalue weighted by Crippen LogP contribution is -2.42. The fraction of sp³-hybridized carbons (Fsp3) is 0.471. The number of nitrogens with zero attached hydrogens (tertiary/aromatic N) is 2. The van der Waals surface area contributed by atoms with Gasteiger partial charge in [0.15, 0.2) is 0 Å². The number of thiophene rings is 1. The largest absolute Gasteiger partial charge is 0.339 e. The van der Waals surface area contributed by atoms with Crippen molar-refractivity contribution in [3.63, 3.8) is 0 Å². The number of allylic oxidation sites excluding steroid dienone is 2. The standard InChI is InChI=1S/C17H18N2O3S/c1-18(8-12-3-2-6-23-12)13(20)9-19-16(21)14-10-4-5-11(7-10)15(14)17(19)22/h2-6,10-11,14-15H,7-9H2,1H3. The Bertz CT molecular complexity index is 667. The molecule has 1 aromatic heterocycles. The molecule has 1 aromatic rings. The lowest BCUT2D eigenvalue weighted by molar-refractivity contribution is -0.146. The van der Waals surface area contributed by atoms with Crippen LogP contribution in [-0.2, 0) is 20.9 Å². The first-order valence-corrected chi connectivity index (χ1v) is 8.74. The molecule has 4 unspecified atom stereocenters. The zero-order valence-corrected chi connectivity index (χ0v) is 13.7. The average Bonchev–Trinajstić information content (AvgIpc) is 3.28. The van der Waals surface area contributed by atoms with E-state index in [0.717, 1.165) is 11.3 Å². The average molecular weight is 330 g/mol. The summed E-state index contributed by atoms with van der Waals surface area (Å²) in [5, 5.41) is 1.96. The maximum Gasteiger partial charge on any atom is 0.242 e. The van der Waals surface area contributed by atoms with Crippen molar-refractivity contribution in [3.05, 3.63) is 34.5 Å². The van der Waals surface area contributed by atoms with E-state index in [1.54, 1.807) is 23.3 Å². The Balaban J connectivity index is 1.44. The van der Waals surface area contributed by atoms with Gasteiger partial charge in [-0.05, 0) is 29.7 Å². The molecule has 6 heteroatoms. The molecule has 5 nitrogen and oxygen atoms in total. The summed E-state index contributed by atoms with van der Waals surface area (Å²) in [6.07, 6.45) is 5.03. The highest BCUT2D eigenvalue weighted by molar-refractivity contribution is 7.09. The van der Waals surface area contributed by atoms with Gasteiger partial charge in [-0.2, -0.15) is 0 Å². The van der Waals surface area contributed by atoms with E-state index < -0.39 is 0 Å². The van der Waals surface area contributed by atoms with E-state index in [-0.39, 0.29) is 47.9 Å². The Morgan fingerprint density at radius 1 is 1.26 bits per heavy atom. The van der Waals surface area contributed by atoms with Crippen LogP contribution in [0.2, 0.25) is 0 Å². The van der Waals surface area contributed by atoms with Crippen molar-refractivity contribution in [3.8, 4) is 0 Å². The third-order valence-electron chi connectivity index (χ3n) is 5.25. The van der Waals surface area contributed by atoms with Crippen LogP contribution in [0.25, 0.3) is 0 Å². The van der Waals surface area contributed by atoms with Crippen LogP contribution in [0.1, 0.15) is 11.3 Å². The molecule has 1 saturated heterocycles. The number of likely N-dealkylation sites (N-methyl/N-ethyl adjacent to an activating group) is 1. The van der Waals surface area contributed by atoms with Crippen molar-refractivity contribution in [2.75, 3.05) is 13.6 Å². The molecule has 2 aliphatic carbocycles. The van der Waals surface area contributed by atoms with Crippen LogP contribution in [0.4, 0.5) is 0 Å². The fourth-order valence-corrected chi connectivity index (χ4v) is 4.86. The topological polar surface area (TPSA) is 57.7 Å². The summed E-state index contributed by atoms with van der Waals surface area (Å²) >= 11 is 1.59. The minimum absolute atomic E-state index is 0.133. The molecule has 0 spiro atoms. The number of imide groups is 1. The number of rotatable bonds is 4. The maximum atomic E-state index is 12.6. The van der Waals surface area contributed by atoms with E-state index in [0.29, 0.717) is 6.54 Å². The molecule has 23 heavy (non-hydrogen) atoms. The highest BCUT2D eigenvalue weighted by Gasteiger charge is 2.59. The smallest absolute Gasteiger partial charge is 0.242 e. The van der Waals surface area contributed by atoms with Gasteiger partial charge in [0.2, 0.25) is 17.7 Å². The summed E-state index contributed by atoms with van der Waals surface area (Å²) in [4.78, 5) is 41.4. The van der Waals surface area contributed by atoms with Gasteiger partial charge in [-0.25, -0.2) is 0 Å². The second kappa shape index (κ2) is 5.30. The fourth-order valence-electron chi connectivity index (χ4n) is 4.10. The minimum Gasteiger partial charge on any atom is -0.339 e. The maximum absolute atomic E-state index is 12.6. The second-order valence-corrected chi connectivity index (χ2v) is 7.62. The van der Waals surface area contributed by atoms with Gasteiger partial charge in [0.25, 0.3) is 0 Å². The van der Waals surface area contributed by atoms with Crippen LogP contribution in [0.15, 0.2) is 29.7 Å². The predicted octanol–water partition coefficient (Wildman–Crippen LogP) is 1.51. The molecule has 3 amide bonds. The highest BCUT2D eigenvalue weighted by Crippen LogP contribution is 2.52. The molecule has 0 radical (unpaired) electrons. The number of carbonyl (C=O) groups is 3. The third-order valence-corrected chi connectivity index (χ3v) is 6.12. The number of hydrogen-bond donors (Lipinski definition) is 0. The first-order valence-electron chi connectivity index (χ1n) is 7.86. The second-order valence-electron chi connectivity index (χ2n) is 6.59. The number of likely N-dealkylation sites (tertiary alicyclic amines) is 1.